The molecule has 0 radical (unpaired) electrons. The fraction of sp³-hybridized carbons (Fsp3) is 0.263. The molecule has 2 aromatic carbocycles. The summed E-state index contributed by atoms with van der Waals surface area (Å²) < 4.78 is 5.35. The van der Waals surface area contributed by atoms with Crippen LogP contribution in [0.1, 0.15) is 22.8 Å². The first-order valence-corrected chi connectivity index (χ1v) is 8.00. The molecule has 1 aliphatic rings. The van der Waals surface area contributed by atoms with Crippen molar-refractivity contribution >= 4 is 17.5 Å². The predicted octanol–water partition coefficient (Wildman–Crippen LogP) is 3.17. The van der Waals surface area contributed by atoms with Gasteiger partial charge in [0.05, 0.1) is 19.3 Å². The second-order valence-corrected chi connectivity index (χ2v) is 5.82. The molecular formula is C19H20N2O3. The minimum Gasteiger partial charge on any atom is -0.377 e. The van der Waals surface area contributed by atoms with E-state index < -0.39 is 0 Å². The third-order valence-electron chi connectivity index (χ3n) is 4.04. The van der Waals surface area contributed by atoms with Crippen LogP contribution < -0.4 is 5.32 Å². The number of carbonyl (C=O) groups is 2. The summed E-state index contributed by atoms with van der Waals surface area (Å²) in [7, 11) is 0. The van der Waals surface area contributed by atoms with Crippen LogP contribution in [0.3, 0.4) is 0 Å². The van der Waals surface area contributed by atoms with Gasteiger partial charge in [0.2, 0.25) is 0 Å². The van der Waals surface area contributed by atoms with Crippen LogP contribution in [0.15, 0.2) is 54.6 Å². The molecule has 2 aromatic rings. The molecule has 5 nitrogen and oxygen atoms in total. The molecule has 1 N–H and O–H groups in total. The van der Waals surface area contributed by atoms with Crippen LogP contribution in [0, 0.1) is 0 Å². The lowest BCUT2D eigenvalue weighted by atomic mass is 10.0. The van der Waals surface area contributed by atoms with Gasteiger partial charge in [-0.15, -0.1) is 0 Å². The van der Waals surface area contributed by atoms with Crippen molar-refractivity contribution in [2.24, 2.45) is 0 Å². The molecule has 1 atom stereocenters. The first kappa shape index (κ1) is 16.2. The molecule has 24 heavy (non-hydrogen) atoms. The van der Waals surface area contributed by atoms with Crippen LogP contribution in [0.5, 0.6) is 0 Å². The highest BCUT2D eigenvalue weighted by molar-refractivity contribution is 6.09. The van der Waals surface area contributed by atoms with Crippen molar-refractivity contribution < 1.29 is 14.3 Å². The molecule has 0 saturated carbocycles. The standard InChI is InChI=1S/C19H20N2O3/c1-14-13-24-11-10-21(14)19(23)20-17-9-5-8-16(12-17)18(22)15-6-3-2-4-7-15/h2-9,12,14H,10-11,13H2,1H3,(H,20,23)/t14-/m1/s1. The van der Waals surface area contributed by atoms with E-state index in [1.165, 1.54) is 0 Å². The van der Waals surface area contributed by atoms with Gasteiger partial charge < -0.3 is 15.0 Å². The van der Waals surface area contributed by atoms with Crippen molar-refractivity contribution in [2.45, 2.75) is 13.0 Å². The molecule has 1 saturated heterocycles. The number of anilines is 1. The molecule has 0 spiro atoms. The molecule has 0 bridgehead atoms. The van der Waals surface area contributed by atoms with E-state index in [1.807, 2.05) is 25.1 Å². The highest BCUT2D eigenvalue weighted by Gasteiger charge is 2.23. The second-order valence-electron chi connectivity index (χ2n) is 5.82. The Bertz CT molecular complexity index is 730. The summed E-state index contributed by atoms with van der Waals surface area (Å²) in [6.45, 7) is 3.61. The van der Waals surface area contributed by atoms with Crippen LogP contribution in [0.2, 0.25) is 0 Å². The quantitative estimate of drug-likeness (QED) is 0.882. The normalized spacial score (nSPS) is 17.4. The molecule has 1 fully saturated rings. The fourth-order valence-electron chi connectivity index (χ4n) is 2.72. The minimum atomic E-state index is -0.171. The van der Waals surface area contributed by atoms with E-state index in [0.29, 0.717) is 36.6 Å². The summed E-state index contributed by atoms with van der Waals surface area (Å²) in [6, 6.07) is 16.0. The monoisotopic (exact) mass is 324 g/mol. The van der Waals surface area contributed by atoms with Crippen molar-refractivity contribution in [3.63, 3.8) is 0 Å². The van der Waals surface area contributed by atoms with E-state index in [-0.39, 0.29) is 17.9 Å². The van der Waals surface area contributed by atoms with Crippen molar-refractivity contribution in [3.05, 3.63) is 65.7 Å². The molecule has 0 aromatic heterocycles. The Hall–Kier alpha value is -2.66. The Balaban J connectivity index is 1.73. The van der Waals surface area contributed by atoms with Crippen molar-refractivity contribution in [1.82, 2.24) is 4.90 Å². The zero-order valence-corrected chi connectivity index (χ0v) is 13.6. The van der Waals surface area contributed by atoms with Crippen LogP contribution in [0.4, 0.5) is 10.5 Å². The third-order valence-corrected chi connectivity index (χ3v) is 4.04. The number of hydrogen-bond acceptors (Lipinski definition) is 3. The zero-order chi connectivity index (χ0) is 16.9. The Morgan fingerprint density at radius 3 is 2.58 bits per heavy atom. The van der Waals surface area contributed by atoms with Gasteiger partial charge in [-0.1, -0.05) is 42.5 Å². The summed E-state index contributed by atoms with van der Waals surface area (Å²) in [5.74, 6) is -0.0635. The van der Waals surface area contributed by atoms with E-state index in [1.54, 1.807) is 41.3 Å². The number of benzene rings is 2. The average Bonchev–Trinajstić information content (AvgIpc) is 2.62. The molecule has 5 heteroatoms. The maximum Gasteiger partial charge on any atom is 0.322 e. The maximum absolute atomic E-state index is 12.5. The van der Waals surface area contributed by atoms with Crippen LogP contribution in [-0.4, -0.2) is 42.5 Å². The lowest BCUT2D eigenvalue weighted by molar-refractivity contribution is 0.0222. The van der Waals surface area contributed by atoms with Crippen molar-refractivity contribution in [2.75, 3.05) is 25.1 Å². The summed E-state index contributed by atoms with van der Waals surface area (Å²) in [5, 5.41) is 2.87. The first-order chi connectivity index (χ1) is 11.6. The molecule has 1 aliphatic heterocycles. The molecular weight excluding hydrogens is 304 g/mol. The number of ketones is 1. The van der Waals surface area contributed by atoms with Gasteiger partial charge in [-0.05, 0) is 19.1 Å². The Kier molecular flexibility index (Phi) is 4.91. The number of ether oxygens (including phenoxy) is 1. The van der Waals surface area contributed by atoms with E-state index in [0.717, 1.165) is 0 Å². The van der Waals surface area contributed by atoms with Gasteiger partial charge >= 0.3 is 6.03 Å². The number of carbonyl (C=O) groups excluding carboxylic acids is 2. The van der Waals surface area contributed by atoms with Gasteiger partial charge in [0.15, 0.2) is 5.78 Å². The molecule has 124 valence electrons. The molecule has 3 rings (SSSR count). The minimum absolute atomic E-state index is 0.0351. The third kappa shape index (κ3) is 3.63. The second kappa shape index (κ2) is 7.27. The number of nitrogens with one attached hydrogen (secondary N) is 1. The molecule has 0 aliphatic carbocycles. The molecule has 2 amide bonds. The van der Waals surface area contributed by atoms with E-state index in [4.69, 9.17) is 4.74 Å². The number of hydrogen-bond donors (Lipinski definition) is 1. The molecule has 0 unspecified atom stereocenters. The van der Waals surface area contributed by atoms with E-state index in [2.05, 4.69) is 5.32 Å². The van der Waals surface area contributed by atoms with Gasteiger partial charge in [-0.25, -0.2) is 4.79 Å². The number of amides is 2. The van der Waals surface area contributed by atoms with Crippen LogP contribution >= 0.6 is 0 Å². The Morgan fingerprint density at radius 1 is 1.08 bits per heavy atom. The highest BCUT2D eigenvalue weighted by atomic mass is 16.5. The number of morpholine rings is 1. The van der Waals surface area contributed by atoms with Gasteiger partial charge in [0, 0.05) is 23.4 Å². The van der Waals surface area contributed by atoms with Crippen molar-refractivity contribution in [1.29, 1.82) is 0 Å². The lowest BCUT2D eigenvalue weighted by Gasteiger charge is -2.33. The van der Waals surface area contributed by atoms with E-state index >= 15 is 0 Å². The Labute approximate surface area is 141 Å². The van der Waals surface area contributed by atoms with Gasteiger partial charge in [0.1, 0.15) is 0 Å². The summed E-state index contributed by atoms with van der Waals surface area (Å²) in [6.07, 6.45) is 0. The number of urea groups is 1. The van der Waals surface area contributed by atoms with Gasteiger partial charge in [-0.3, -0.25) is 4.79 Å². The zero-order valence-electron chi connectivity index (χ0n) is 13.6. The topological polar surface area (TPSA) is 58.6 Å². The predicted molar refractivity (Wildman–Crippen MR) is 92.3 cm³/mol. The Morgan fingerprint density at radius 2 is 1.83 bits per heavy atom. The fourth-order valence-corrected chi connectivity index (χ4v) is 2.72. The smallest absolute Gasteiger partial charge is 0.322 e. The van der Waals surface area contributed by atoms with Gasteiger partial charge in [-0.2, -0.15) is 0 Å². The number of nitrogens with zero attached hydrogens (tertiary/aromatic N) is 1. The molecule has 1 heterocycles. The summed E-state index contributed by atoms with van der Waals surface area (Å²) >= 11 is 0. The van der Waals surface area contributed by atoms with Crippen molar-refractivity contribution in [3.8, 4) is 0 Å². The summed E-state index contributed by atoms with van der Waals surface area (Å²) in [4.78, 5) is 26.6. The largest absolute Gasteiger partial charge is 0.377 e. The first-order valence-electron chi connectivity index (χ1n) is 8.00. The SMILES string of the molecule is C[C@@H]1COCCN1C(=O)Nc1cccc(C(=O)c2ccccc2)c1. The average molecular weight is 324 g/mol. The van der Waals surface area contributed by atoms with Crippen LogP contribution in [0.25, 0.3) is 0 Å². The summed E-state index contributed by atoms with van der Waals surface area (Å²) in [5.41, 5.74) is 1.79. The maximum atomic E-state index is 12.5. The highest BCUT2D eigenvalue weighted by Crippen LogP contribution is 2.16. The van der Waals surface area contributed by atoms with Crippen LogP contribution in [-0.2, 0) is 4.74 Å². The number of rotatable bonds is 3. The van der Waals surface area contributed by atoms with Gasteiger partial charge in [0.25, 0.3) is 0 Å². The lowest BCUT2D eigenvalue weighted by Crippen LogP contribution is -2.48. The van der Waals surface area contributed by atoms with E-state index in [9.17, 15) is 9.59 Å².